The number of aliphatic hydroxyl groups is 1. The molecule has 0 aromatic heterocycles. The van der Waals surface area contributed by atoms with Crippen LogP contribution in [0, 0.1) is 5.41 Å². The van der Waals surface area contributed by atoms with Crippen LogP contribution in [0.1, 0.15) is 37.6 Å². The Hall–Kier alpha value is -1.55. The number of nitrogens with one attached hydrogen (secondary N) is 1. The van der Waals surface area contributed by atoms with Gasteiger partial charge < -0.3 is 16.2 Å². The van der Waals surface area contributed by atoms with Crippen molar-refractivity contribution in [1.82, 2.24) is 0 Å². The summed E-state index contributed by atoms with van der Waals surface area (Å²) in [5.41, 5.74) is 7.66. The third kappa shape index (κ3) is 4.04. The minimum absolute atomic E-state index is 0.00647. The number of nitrogen functional groups attached to an aromatic ring is 1. The summed E-state index contributed by atoms with van der Waals surface area (Å²) in [5.74, 6) is -0.0363. The Balaban J connectivity index is 2.74. The number of ketones is 1. The van der Waals surface area contributed by atoms with E-state index < -0.39 is 0 Å². The van der Waals surface area contributed by atoms with E-state index in [-0.39, 0.29) is 17.8 Å². The molecular weight excluding hydrogens is 228 g/mol. The molecule has 18 heavy (non-hydrogen) atoms. The van der Waals surface area contributed by atoms with Gasteiger partial charge in [-0.05, 0) is 37.0 Å². The molecule has 0 aliphatic carbocycles. The van der Waals surface area contributed by atoms with Crippen LogP contribution in [0.3, 0.4) is 0 Å². The number of anilines is 2. The minimum Gasteiger partial charge on any atom is -0.398 e. The van der Waals surface area contributed by atoms with Gasteiger partial charge in [-0.2, -0.15) is 0 Å². The largest absolute Gasteiger partial charge is 0.398 e. The first-order valence-corrected chi connectivity index (χ1v) is 6.11. The first-order valence-electron chi connectivity index (χ1n) is 6.11. The highest BCUT2D eigenvalue weighted by Gasteiger charge is 2.17. The average Bonchev–Trinajstić information content (AvgIpc) is 2.27. The molecule has 0 aliphatic heterocycles. The molecule has 1 rings (SSSR count). The second kappa shape index (κ2) is 5.87. The summed E-state index contributed by atoms with van der Waals surface area (Å²) < 4.78 is 0. The van der Waals surface area contributed by atoms with Crippen LogP contribution in [0.2, 0.25) is 0 Å². The minimum atomic E-state index is -0.0363. The van der Waals surface area contributed by atoms with E-state index in [1.165, 1.54) is 6.92 Å². The molecule has 0 aliphatic rings. The Labute approximate surface area is 108 Å². The monoisotopic (exact) mass is 250 g/mol. The van der Waals surface area contributed by atoms with Crippen LogP contribution in [0.15, 0.2) is 18.2 Å². The van der Waals surface area contributed by atoms with Gasteiger partial charge in [0.25, 0.3) is 0 Å². The summed E-state index contributed by atoms with van der Waals surface area (Å²) in [5, 5.41) is 12.2. The number of nitrogens with two attached hydrogens (primary N) is 1. The maximum absolute atomic E-state index is 11.4. The van der Waals surface area contributed by atoms with Crippen molar-refractivity contribution >= 4 is 17.2 Å². The molecule has 4 heteroatoms. The molecule has 100 valence electrons. The van der Waals surface area contributed by atoms with Gasteiger partial charge in [-0.25, -0.2) is 0 Å². The van der Waals surface area contributed by atoms with E-state index in [2.05, 4.69) is 19.2 Å². The lowest BCUT2D eigenvalue weighted by molar-refractivity contribution is 0.101. The van der Waals surface area contributed by atoms with Crippen LogP contribution in [-0.4, -0.2) is 24.0 Å². The van der Waals surface area contributed by atoms with Crippen molar-refractivity contribution in [3.8, 4) is 0 Å². The fourth-order valence-corrected chi connectivity index (χ4v) is 1.70. The molecule has 4 nitrogen and oxygen atoms in total. The Morgan fingerprint density at radius 3 is 2.67 bits per heavy atom. The van der Waals surface area contributed by atoms with Crippen molar-refractivity contribution in [3.05, 3.63) is 23.8 Å². The van der Waals surface area contributed by atoms with Crippen LogP contribution in [-0.2, 0) is 0 Å². The number of carbonyl (C=O) groups excluding carboxylic acids is 1. The van der Waals surface area contributed by atoms with E-state index in [1.807, 2.05) is 6.07 Å². The van der Waals surface area contributed by atoms with Gasteiger partial charge in [-0.1, -0.05) is 13.8 Å². The molecule has 0 saturated carbocycles. The summed E-state index contributed by atoms with van der Waals surface area (Å²) in [6.45, 7) is 6.58. The van der Waals surface area contributed by atoms with E-state index in [9.17, 15) is 4.79 Å². The highest BCUT2D eigenvalue weighted by Crippen LogP contribution is 2.23. The van der Waals surface area contributed by atoms with Gasteiger partial charge in [0.1, 0.15) is 0 Å². The zero-order valence-corrected chi connectivity index (χ0v) is 11.3. The van der Waals surface area contributed by atoms with Crippen LogP contribution < -0.4 is 11.1 Å². The van der Waals surface area contributed by atoms with E-state index in [1.54, 1.807) is 12.1 Å². The zero-order chi connectivity index (χ0) is 13.8. The van der Waals surface area contributed by atoms with E-state index in [4.69, 9.17) is 10.8 Å². The van der Waals surface area contributed by atoms with Crippen LogP contribution in [0.25, 0.3) is 0 Å². The summed E-state index contributed by atoms with van der Waals surface area (Å²) in [6, 6.07) is 5.36. The number of aliphatic hydroxyl groups excluding tert-OH is 1. The maximum atomic E-state index is 11.4. The fraction of sp³-hybridized carbons (Fsp3) is 0.500. The van der Waals surface area contributed by atoms with Gasteiger partial charge in [0.15, 0.2) is 5.78 Å². The van der Waals surface area contributed by atoms with Crippen molar-refractivity contribution in [3.63, 3.8) is 0 Å². The van der Waals surface area contributed by atoms with E-state index >= 15 is 0 Å². The summed E-state index contributed by atoms with van der Waals surface area (Å²) in [4.78, 5) is 11.4. The Kier molecular flexibility index (Phi) is 4.73. The van der Waals surface area contributed by atoms with Crippen molar-refractivity contribution in [1.29, 1.82) is 0 Å². The number of rotatable bonds is 6. The molecular formula is C14H22N2O2. The van der Waals surface area contributed by atoms with Crippen molar-refractivity contribution < 1.29 is 9.90 Å². The summed E-state index contributed by atoms with van der Waals surface area (Å²) in [6.07, 6.45) is 0.731. The lowest BCUT2D eigenvalue weighted by Crippen LogP contribution is -2.24. The van der Waals surface area contributed by atoms with Gasteiger partial charge in [-0.15, -0.1) is 0 Å². The SMILES string of the molecule is CC(=O)c1cc(NCC(C)(C)CCO)ccc1N. The average molecular weight is 250 g/mol. The molecule has 0 spiro atoms. The third-order valence-electron chi connectivity index (χ3n) is 2.99. The third-order valence-corrected chi connectivity index (χ3v) is 2.99. The highest BCUT2D eigenvalue weighted by atomic mass is 16.3. The van der Waals surface area contributed by atoms with Crippen LogP contribution in [0.4, 0.5) is 11.4 Å². The predicted octanol–water partition coefficient (Wildman–Crippen LogP) is 2.29. The summed E-state index contributed by atoms with van der Waals surface area (Å²) in [7, 11) is 0. The van der Waals surface area contributed by atoms with Crippen molar-refractivity contribution in [2.75, 3.05) is 24.2 Å². The quantitative estimate of drug-likeness (QED) is 0.535. The number of carbonyl (C=O) groups is 1. The second-order valence-electron chi connectivity index (χ2n) is 5.35. The van der Waals surface area contributed by atoms with Gasteiger partial charge >= 0.3 is 0 Å². The topological polar surface area (TPSA) is 75.3 Å². The molecule has 4 N–H and O–H groups in total. The Morgan fingerprint density at radius 1 is 1.44 bits per heavy atom. The Bertz CT molecular complexity index is 428. The van der Waals surface area contributed by atoms with Crippen LogP contribution in [0.5, 0.6) is 0 Å². The zero-order valence-electron chi connectivity index (χ0n) is 11.3. The van der Waals surface area contributed by atoms with Gasteiger partial charge in [0.05, 0.1) is 0 Å². The smallest absolute Gasteiger partial charge is 0.161 e. The molecule has 0 fully saturated rings. The number of Topliss-reactive ketones (excluding diaryl/α,β-unsaturated/α-hetero) is 1. The molecule has 0 bridgehead atoms. The molecule has 0 unspecified atom stereocenters. The molecule has 0 saturated heterocycles. The number of hydrogen-bond acceptors (Lipinski definition) is 4. The standard InChI is InChI=1S/C14H22N2O2/c1-10(18)12-8-11(4-5-13(12)15)16-9-14(2,3)6-7-17/h4-5,8,16-17H,6-7,9,15H2,1-3H3. The number of benzene rings is 1. The van der Waals surface area contributed by atoms with E-state index in [0.29, 0.717) is 11.3 Å². The predicted molar refractivity (Wildman–Crippen MR) is 74.8 cm³/mol. The van der Waals surface area contributed by atoms with Crippen molar-refractivity contribution in [2.45, 2.75) is 27.2 Å². The normalized spacial score (nSPS) is 11.3. The first kappa shape index (κ1) is 14.5. The van der Waals surface area contributed by atoms with Gasteiger partial charge in [0, 0.05) is 30.1 Å². The van der Waals surface area contributed by atoms with Gasteiger partial charge in [-0.3, -0.25) is 4.79 Å². The second-order valence-corrected chi connectivity index (χ2v) is 5.35. The lowest BCUT2D eigenvalue weighted by Gasteiger charge is -2.24. The molecule has 0 heterocycles. The van der Waals surface area contributed by atoms with E-state index in [0.717, 1.165) is 18.7 Å². The summed E-state index contributed by atoms with van der Waals surface area (Å²) >= 11 is 0. The Morgan fingerprint density at radius 2 is 2.11 bits per heavy atom. The lowest BCUT2D eigenvalue weighted by atomic mass is 9.89. The molecule has 0 amide bonds. The van der Waals surface area contributed by atoms with Crippen LogP contribution >= 0.6 is 0 Å². The first-order chi connectivity index (χ1) is 8.35. The maximum Gasteiger partial charge on any atom is 0.161 e. The molecule has 1 aromatic carbocycles. The molecule has 0 atom stereocenters. The molecule has 0 radical (unpaired) electrons. The highest BCUT2D eigenvalue weighted by molar-refractivity contribution is 5.99. The molecule has 1 aromatic rings. The fourth-order valence-electron chi connectivity index (χ4n) is 1.70. The van der Waals surface area contributed by atoms with Crippen molar-refractivity contribution in [2.24, 2.45) is 5.41 Å². The van der Waals surface area contributed by atoms with Gasteiger partial charge in [0.2, 0.25) is 0 Å². The number of hydrogen-bond donors (Lipinski definition) is 3.